The predicted octanol–water partition coefficient (Wildman–Crippen LogP) is 3.61. The maximum Gasteiger partial charge on any atom is 0.212 e. The summed E-state index contributed by atoms with van der Waals surface area (Å²) in [6, 6.07) is 16.5. The summed E-state index contributed by atoms with van der Waals surface area (Å²) in [6.07, 6.45) is 1.64. The highest BCUT2D eigenvalue weighted by molar-refractivity contribution is 6.08. The Morgan fingerprint density at radius 3 is 2.80 bits per heavy atom. The number of nitrogens with one attached hydrogen (secondary N) is 1. The number of fused-ring (bicyclic) bond motifs is 6. The zero-order valence-corrected chi connectivity index (χ0v) is 13.3. The molecule has 0 radical (unpaired) electrons. The molecule has 2 aromatic carbocycles. The molecule has 1 aliphatic heterocycles. The third-order valence-corrected chi connectivity index (χ3v) is 4.95. The first-order valence-corrected chi connectivity index (χ1v) is 8.34. The van der Waals surface area contributed by atoms with Crippen molar-refractivity contribution in [3.8, 4) is 0 Å². The van der Waals surface area contributed by atoms with E-state index in [1.165, 1.54) is 5.52 Å². The van der Waals surface area contributed by atoms with Gasteiger partial charge in [0.2, 0.25) is 5.95 Å². The van der Waals surface area contributed by atoms with Crippen molar-refractivity contribution in [2.45, 2.75) is 6.54 Å². The maximum atomic E-state index is 4.83. The molecule has 0 saturated heterocycles. The number of nitrogens with zero attached hydrogens (tertiary/aromatic N) is 5. The molecule has 0 fully saturated rings. The number of benzene rings is 2. The largest absolute Gasteiger partial charge is 0.350 e. The minimum absolute atomic E-state index is 0.856. The fourth-order valence-electron chi connectivity index (χ4n) is 3.82. The Kier molecular flexibility index (Phi) is 2.37. The predicted molar refractivity (Wildman–Crippen MR) is 98.1 cm³/mol. The van der Waals surface area contributed by atoms with Crippen molar-refractivity contribution in [3.63, 3.8) is 0 Å². The van der Waals surface area contributed by atoms with Gasteiger partial charge in [-0.2, -0.15) is 0 Å². The standard InChI is InChI=1S/C19H14N6/c1-2-6-13-12(5-1)16-17(22-13)18(21-11-20-16)25-10-9-24-15-8-4-3-7-14(15)23-19(24)25/h1-8,11,22H,9-10H2. The first-order valence-electron chi connectivity index (χ1n) is 8.34. The monoisotopic (exact) mass is 326 g/mol. The summed E-state index contributed by atoms with van der Waals surface area (Å²) in [5.74, 6) is 1.83. The van der Waals surface area contributed by atoms with E-state index in [1.54, 1.807) is 6.33 Å². The Labute approximate surface area is 142 Å². The molecule has 3 aromatic heterocycles. The minimum atomic E-state index is 0.856. The molecule has 6 rings (SSSR count). The number of hydrogen-bond acceptors (Lipinski definition) is 4. The van der Waals surface area contributed by atoms with E-state index in [9.17, 15) is 0 Å². The summed E-state index contributed by atoms with van der Waals surface area (Å²) in [4.78, 5) is 19.6. The lowest BCUT2D eigenvalue weighted by Crippen LogP contribution is -2.16. The van der Waals surface area contributed by atoms with Crippen LogP contribution in [0.4, 0.5) is 11.8 Å². The van der Waals surface area contributed by atoms with E-state index in [-0.39, 0.29) is 0 Å². The van der Waals surface area contributed by atoms with Crippen molar-refractivity contribution >= 4 is 44.7 Å². The van der Waals surface area contributed by atoms with Crippen LogP contribution in [-0.4, -0.2) is 31.0 Å². The average Bonchev–Trinajstić information content (AvgIpc) is 3.32. The lowest BCUT2D eigenvalue weighted by molar-refractivity contribution is 0.823. The van der Waals surface area contributed by atoms with Crippen LogP contribution in [0.15, 0.2) is 54.9 Å². The van der Waals surface area contributed by atoms with E-state index in [0.29, 0.717) is 0 Å². The van der Waals surface area contributed by atoms with Gasteiger partial charge in [-0.25, -0.2) is 15.0 Å². The van der Waals surface area contributed by atoms with E-state index in [0.717, 1.165) is 52.3 Å². The second kappa shape index (κ2) is 4.57. The molecule has 0 unspecified atom stereocenters. The highest BCUT2D eigenvalue weighted by Gasteiger charge is 2.27. The van der Waals surface area contributed by atoms with Crippen molar-refractivity contribution in [1.29, 1.82) is 0 Å². The van der Waals surface area contributed by atoms with E-state index in [1.807, 2.05) is 18.2 Å². The third-order valence-electron chi connectivity index (χ3n) is 4.95. The summed E-state index contributed by atoms with van der Waals surface area (Å²) < 4.78 is 2.26. The normalized spacial score (nSPS) is 14.0. The molecule has 1 aliphatic rings. The summed E-state index contributed by atoms with van der Waals surface area (Å²) >= 11 is 0. The van der Waals surface area contributed by atoms with Gasteiger partial charge in [-0.15, -0.1) is 0 Å². The van der Waals surface area contributed by atoms with Crippen molar-refractivity contribution in [3.05, 3.63) is 54.9 Å². The smallest absolute Gasteiger partial charge is 0.212 e. The van der Waals surface area contributed by atoms with Crippen LogP contribution in [0, 0.1) is 0 Å². The van der Waals surface area contributed by atoms with Gasteiger partial charge in [0.25, 0.3) is 0 Å². The fourth-order valence-corrected chi connectivity index (χ4v) is 3.82. The van der Waals surface area contributed by atoms with E-state index in [4.69, 9.17) is 4.98 Å². The van der Waals surface area contributed by atoms with Crippen LogP contribution in [-0.2, 0) is 6.54 Å². The highest BCUT2D eigenvalue weighted by Crippen LogP contribution is 2.36. The number of rotatable bonds is 1. The summed E-state index contributed by atoms with van der Waals surface area (Å²) in [5.41, 5.74) is 5.18. The first-order chi connectivity index (χ1) is 12.4. The van der Waals surface area contributed by atoms with Gasteiger partial charge >= 0.3 is 0 Å². The van der Waals surface area contributed by atoms with E-state index < -0.39 is 0 Å². The fraction of sp³-hybridized carbons (Fsp3) is 0.105. The van der Waals surface area contributed by atoms with Crippen LogP contribution in [0.2, 0.25) is 0 Å². The first kappa shape index (κ1) is 12.9. The molecule has 0 saturated carbocycles. The van der Waals surface area contributed by atoms with Gasteiger partial charge in [-0.1, -0.05) is 30.3 Å². The van der Waals surface area contributed by atoms with Crippen LogP contribution in [0.25, 0.3) is 33.0 Å². The van der Waals surface area contributed by atoms with Crippen molar-refractivity contribution in [2.24, 2.45) is 0 Å². The average molecular weight is 326 g/mol. The second-order valence-electron chi connectivity index (χ2n) is 6.30. The molecule has 5 aromatic rings. The van der Waals surface area contributed by atoms with Gasteiger partial charge in [0.05, 0.1) is 11.0 Å². The molecular formula is C19H14N6. The van der Waals surface area contributed by atoms with Crippen molar-refractivity contribution < 1.29 is 0 Å². The van der Waals surface area contributed by atoms with Crippen molar-refractivity contribution in [2.75, 3.05) is 11.4 Å². The number of hydrogen-bond donors (Lipinski definition) is 1. The zero-order chi connectivity index (χ0) is 16.4. The number of H-pyrrole nitrogens is 1. The van der Waals surface area contributed by atoms with Crippen LogP contribution in [0.5, 0.6) is 0 Å². The molecule has 0 amide bonds. The van der Waals surface area contributed by atoms with Crippen LogP contribution in [0.3, 0.4) is 0 Å². The van der Waals surface area contributed by atoms with Gasteiger partial charge in [-0.3, -0.25) is 4.90 Å². The summed E-state index contributed by atoms with van der Waals surface area (Å²) in [5, 5.41) is 1.12. The molecule has 1 N–H and O–H groups in total. The molecular weight excluding hydrogens is 312 g/mol. The van der Waals surface area contributed by atoms with Crippen molar-refractivity contribution in [1.82, 2.24) is 24.5 Å². The molecule has 0 aliphatic carbocycles. The Morgan fingerprint density at radius 1 is 0.920 bits per heavy atom. The molecule has 0 atom stereocenters. The zero-order valence-electron chi connectivity index (χ0n) is 13.3. The molecule has 25 heavy (non-hydrogen) atoms. The molecule has 0 bridgehead atoms. The third kappa shape index (κ3) is 1.65. The second-order valence-corrected chi connectivity index (χ2v) is 6.30. The van der Waals surface area contributed by atoms with E-state index >= 15 is 0 Å². The highest BCUT2D eigenvalue weighted by atomic mass is 15.4. The molecule has 4 heterocycles. The van der Waals surface area contributed by atoms with Gasteiger partial charge in [0.15, 0.2) is 5.82 Å². The Hall–Kier alpha value is -3.41. The van der Waals surface area contributed by atoms with Gasteiger partial charge in [-0.05, 0) is 18.2 Å². The number of aromatic nitrogens is 5. The SMILES string of the molecule is c1ccc2c(c1)nc1n2CCN1c1ncnc2c1[nH]c1ccccc12. The summed E-state index contributed by atoms with van der Waals surface area (Å²) in [7, 11) is 0. The number of para-hydroxylation sites is 3. The Morgan fingerprint density at radius 2 is 1.80 bits per heavy atom. The van der Waals surface area contributed by atoms with Crippen LogP contribution in [0.1, 0.15) is 0 Å². The number of aromatic amines is 1. The minimum Gasteiger partial charge on any atom is -0.350 e. The molecule has 120 valence electrons. The topological polar surface area (TPSA) is 62.6 Å². The van der Waals surface area contributed by atoms with Gasteiger partial charge in [0.1, 0.15) is 17.4 Å². The van der Waals surface area contributed by atoms with Crippen LogP contribution < -0.4 is 4.90 Å². The lowest BCUT2D eigenvalue weighted by Gasteiger charge is -2.15. The van der Waals surface area contributed by atoms with E-state index in [2.05, 4.69) is 54.8 Å². The quantitative estimate of drug-likeness (QED) is 0.511. The Bertz CT molecular complexity index is 1270. The van der Waals surface area contributed by atoms with Gasteiger partial charge < -0.3 is 9.55 Å². The maximum absolute atomic E-state index is 4.83. The molecule has 6 nitrogen and oxygen atoms in total. The van der Waals surface area contributed by atoms with Gasteiger partial charge in [0, 0.05) is 24.0 Å². The number of imidazole rings is 1. The lowest BCUT2D eigenvalue weighted by atomic mass is 10.2. The molecule has 0 spiro atoms. The molecule has 6 heteroatoms. The van der Waals surface area contributed by atoms with Crippen LogP contribution >= 0.6 is 0 Å². The number of anilines is 2. The Balaban J connectivity index is 1.62. The summed E-state index contributed by atoms with van der Waals surface area (Å²) in [6.45, 7) is 1.76.